The predicted octanol–water partition coefficient (Wildman–Crippen LogP) is 2.74. The highest BCUT2D eigenvalue weighted by Gasteiger charge is 2.13. The fourth-order valence-electron chi connectivity index (χ4n) is 2.35. The maximum atomic E-state index is 13.6. The van der Waals surface area contributed by atoms with Crippen molar-refractivity contribution < 1.29 is 12.8 Å². The van der Waals surface area contributed by atoms with Gasteiger partial charge in [-0.15, -0.1) is 0 Å². The molecule has 0 aromatic heterocycles. The number of nitrogens with one attached hydrogen (secondary N) is 2. The van der Waals surface area contributed by atoms with E-state index in [0.717, 1.165) is 0 Å². The number of sulfone groups is 1. The highest BCUT2D eigenvalue weighted by atomic mass is 32.2. The van der Waals surface area contributed by atoms with Crippen molar-refractivity contribution in [2.24, 2.45) is 4.99 Å². The van der Waals surface area contributed by atoms with Crippen LogP contribution in [0.1, 0.15) is 18.9 Å². The lowest BCUT2D eigenvalue weighted by atomic mass is 10.2. The molecular weight excluding hydrogens is 353 g/mol. The molecule has 2 rings (SSSR count). The fraction of sp³-hybridized carbons (Fsp3) is 0.316. The van der Waals surface area contributed by atoms with Crippen LogP contribution < -0.4 is 10.6 Å². The third-order valence-electron chi connectivity index (χ3n) is 3.69. The topological polar surface area (TPSA) is 70.6 Å². The first-order valence-electron chi connectivity index (χ1n) is 8.56. The van der Waals surface area contributed by atoms with Gasteiger partial charge in [-0.3, -0.25) is 0 Å². The number of nitrogens with zero attached hydrogens (tertiary/aromatic N) is 1. The van der Waals surface area contributed by atoms with E-state index in [1.807, 2.05) is 6.92 Å². The van der Waals surface area contributed by atoms with Gasteiger partial charge in [0.2, 0.25) is 0 Å². The quantitative estimate of drug-likeness (QED) is 0.422. The minimum Gasteiger partial charge on any atom is -0.357 e. The van der Waals surface area contributed by atoms with Crippen LogP contribution in [0.15, 0.2) is 64.5 Å². The highest BCUT2D eigenvalue weighted by molar-refractivity contribution is 7.91. The number of guanidine groups is 1. The van der Waals surface area contributed by atoms with E-state index < -0.39 is 9.84 Å². The van der Waals surface area contributed by atoms with Crippen LogP contribution in [-0.4, -0.2) is 33.2 Å². The minimum absolute atomic E-state index is 0.0523. The molecule has 2 aromatic carbocycles. The summed E-state index contributed by atoms with van der Waals surface area (Å²) < 4.78 is 38.1. The van der Waals surface area contributed by atoms with E-state index in [1.165, 1.54) is 6.07 Å². The Morgan fingerprint density at radius 2 is 1.73 bits per heavy atom. The Morgan fingerprint density at radius 3 is 2.42 bits per heavy atom. The number of benzene rings is 2. The second-order valence-electron chi connectivity index (χ2n) is 5.70. The maximum absolute atomic E-state index is 13.6. The van der Waals surface area contributed by atoms with Gasteiger partial charge in [0.1, 0.15) is 5.82 Å². The van der Waals surface area contributed by atoms with Gasteiger partial charge in [0.05, 0.1) is 17.2 Å². The molecule has 0 atom stereocenters. The lowest BCUT2D eigenvalue weighted by molar-refractivity contribution is 0.592. The van der Waals surface area contributed by atoms with Gasteiger partial charge in [-0.05, 0) is 31.5 Å². The van der Waals surface area contributed by atoms with Crippen LogP contribution >= 0.6 is 0 Å². The standard InChI is InChI=1S/C19H24FN3O2S/c1-2-21-19(23-15-16-9-6-7-12-18(16)20)22-13-8-14-26(24,25)17-10-4-3-5-11-17/h3-7,9-12H,2,8,13-15H2,1H3,(H2,21,22,23). The van der Waals surface area contributed by atoms with Crippen molar-refractivity contribution in [1.29, 1.82) is 0 Å². The molecule has 0 aliphatic heterocycles. The molecule has 0 bridgehead atoms. The highest BCUT2D eigenvalue weighted by Crippen LogP contribution is 2.11. The third-order valence-corrected chi connectivity index (χ3v) is 5.51. The van der Waals surface area contributed by atoms with Crippen molar-refractivity contribution >= 4 is 15.8 Å². The van der Waals surface area contributed by atoms with E-state index in [0.29, 0.717) is 35.9 Å². The van der Waals surface area contributed by atoms with Gasteiger partial charge in [0.15, 0.2) is 15.8 Å². The first-order valence-corrected chi connectivity index (χ1v) is 10.2. The lowest BCUT2D eigenvalue weighted by Crippen LogP contribution is -2.38. The maximum Gasteiger partial charge on any atom is 0.191 e. The van der Waals surface area contributed by atoms with E-state index in [4.69, 9.17) is 0 Å². The molecule has 0 amide bonds. The molecule has 0 spiro atoms. The second-order valence-corrected chi connectivity index (χ2v) is 7.81. The van der Waals surface area contributed by atoms with Gasteiger partial charge in [-0.1, -0.05) is 36.4 Å². The molecule has 0 saturated heterocycles. The molecule has 2 aromatic rings. The zero-order valence-corrected chi connectivity index (χ0v) is 15.6. The van der Waals surface area contributed by atoms with Crippen molar-refractivity contribution in [3.8, 4) is 0 Å². The van der Waals surface area contributed by atoms with Gasteiger partial charge in [-0.25, -0.2) is 17.8 Å². The Bertz CT molecular complexity index is 824. The van der Waals surface area contributed by atoms with Crippen LogP contribution in [0.5, 0.6) is 0 Å². The summed E-state index contributed by atoms with van der Waals surface area (Å²) in [7, 11) is -3.28. The van der Waals surface area contributed by atoms with Gasteiger partial charge in [0.25, 0.3) is 0 Å². The molecule has 0 radical (unpaired) electrons. The Kier molecular flexibility index (Phi) is 7.59. The summed E-state index contributed by atoms with van der Waals surface area (Å²) in [5.41, 5.74) is 0.511. The van der Waals surface area contributed by atoms with Crippen molar-refractivity contribution in [2.75, 3.05) is 18.8 Å². The Labute approximate surface area is 154 Å². The molecule has 0 saturated carbocycles. The van der Waals surface area contributed by atoms with E-state index in [1.54, 1.807) is 48.5 Å². The van der Waals surface area contributed by atoms with Crippen LogP contribution in [0.2, 0.25) is 0 Å². The smallest absolute Gasteiger partial charge is 0.191 e. The van der Waals surface area contributed by atoms with Gasteiger partial charge in [0, 0.05) is 18.7 Å². The molecule has 0 unspecified atom stereocenters. The SMILES string of the molecule is CCNC(=NCc1ccccc1F)NCCCS(=O)(=O)c1ccccc1. The Hall–Kier alpha value is -2.41. The number of hydrogen-bond acceptors (Lipinski definition) is 3. The number of aliphatic imine (C=N–C) groups is 1. The average Bonchev–Trinajstić information content (AvgIpc) is 2.65. The zero-order valence-electron chi connectivity index (χ0n) is 14.8. The van der Waals surface area contributed by atoms with E-state index in [2.05, 4.69) is 15.6 Å². The first kappa shape index (κ1) is 19.9. The normalized spacial score (nSPS) is 12.0. The summed E-state index contributed by atoms with van der Waals surface area (Å²) in [6.07, 6.45) is 0.446. The summed E-state index contributed by atoms with van der Waals surface area (Å²) in [5, 5.41) is 6.16. The van der Waals surface area contributed by atoms with Crippen LogP contribution in [0, 0.1) is 5.82 Å². The van der Waals surface area contributed by atoms with E-state index in [-0.39, 0.29) is 18.1 Å². The summed E-state index contributed by atoms with van der Waals surface area (Å²) in [4.78, 5) is 4.68. The van der Waals surface area contributed by atoms with Crippen LogP contribution in [0.4, 0.5) is 4.39 Å². The second kappa shape index (κ2) is 9.91. The fourth-order valence-corrected chi connectivity index (χ4v) is 3.68. The predicted molar refractivity (Wildman–Crippen MR) is 102 cm³/mol. The summed E-state index contributed by atoms with van der Waals surface area (Å²) in [5.74, 6) is 0.297. The molecule has 7 heteroatoms. The molecular formula is C19H24FN3O2S. The van der Waals surface area contributed by atoms with E-state index >= 15 is 0 Å². The van der Waals surface area contributed by atoms with E-state index in [9.17, 15) is 12.8 Å². The average molecular weight is 377 g/mol. The zero-order chi connectivity index (χ0) is 18.8. The third kappa shape index (κ3) is 6.15. The van der Waals surface area contributed by atoms with Crippen molar-refractivity contribution in [1.82, 2.24) is 10.6 Å². The van der Waals surface area contributed by atoms with Crippen LogP contribution in [0.25, 0.3) is 0 Å². The molecule has 5 nitrogen and oxygen atoms in total. The largest absolute Gasteiger partial charge is 0.357 e. The minimum atomic E-state index is -3.28. The van der Waals surface area contributed by atoms with Gasteiger partial charge < -0.3 is 10.6 Å². The van der Waals surface area contributed by atoms with Crippen LogP contribution in [0.3, 0.4) is 0 Å². The van der Waals surface area contributed by atoms with Crippen LogP contribution in [-0.2, 0) is 16.4 Å². The number of hydrogen-bond donors (Lipinski definition) is 2. The molecule has 0 aliphatic carbocycles. The Balaban J connectivity index is 1.87. The molecule has 26 heavy (non-hydrogen) atoms. The molecule has 0 heterocycles. The molecule has 0 aliphatic rings. The summed E-state index contributed by atoms with van der Waals surface area (Å²) in [6.45, 7) is 3.26. The Morgan fingerprint density at radius 1 is 1.04 bits per heavy atom. The van der Waals surface area contributed by atoms with Gasteiger partial charge >= 0.3 is 0 Å². The van der Waals surface area contributed by atoms with Crippen molar-refractivity contribution in [3.63, 3.8) is 0 Å². The number of halogens is 1. The first-order chi connectivity index (χ1) is 12.5. The monoisotopic (exact) mass is 377 g/mol. The van der Waals surface area contributed by atoms with Crippen molar-refractivity contribution in [2.45, 2.75) is 24.8 Å². The lowest BCUT2D eigenvalue weighted by Gasteiger charge is -2.11. The molecule has 2 N–H and O–H groups in total. The van der Waals surface area contributed by atoms with Gasteiger partial charge in [-0.2, -0.15) is 0 Å². The van der Waals surface area contributed by atoms with Crippen molar-refractivity contribution in [3.05, 3.63) is 66.0 Å². The molecule has 0 fully saturated rings. The molecule has 140 valence electrons. The summed E-state index contributed by atoms with van der Waals surface area (Å²) >= 11 is 0. The number of rotatable bonds is 8. The summed E-state index contributed by atoms with van der Waals surface area (Å²) in [6, 6.07) is 14.9.